The second-order valence-electron chi connectivity index (χ2n) is 8.73. The summed E-state index contributed by atoms with van der Waals surface area (Å²) in [4.78, 5) is 4.48. The molecular weight excluding hydrogens is 286 g/mol. The summed E-state index contributed by atoms with van der Waals surface area (Å²) in [6, 6.07) is 3.95. The second-order valence-corrected chi connectivity index (χ2v) is 8.73. The molecule has 0 saturated heterocycles. The van der Waals surface area contributed by atoms with Crippen LogP contribution < -0.4 is 0 Å². The van der Waals surface area contributed by atoms with E-state index in [0.717, 1.165) is 11.1 Å². The molecule has 0 saturated carbocycles. The SMILES string of the molecule is CC(C)C(CO)N=Cc1cc(C(C)(C)C)cc(C(C)(C)C)c1O. The van der Waals surface area contributed by atoms with Gasteiger partial charge in [-0.25, -0.2) is 0 Å². The molecule has 0 aliphatic carbocycles. The number of phenolic OH excluding ortho intramolecular Hbond substituents is 1. The molecule has 1 aromatic rings. The molecule has 1 unspecified atom stereocenters. The van der Waals surface area contributed by atoms with Gasteiger partial charge < -0.3 is 10.2 Å². The number of hydrogen-bond donors (Lipinski definition) is 2. The minimum absolute atomic E-state index is 0.00921. The largest absolute Gasteiger partial charge is 0.507 e. The van der Waals surface area contributed by atoms with Crippen LogP contribution in [-0.2, 0) is 10.8 Å². The third-order valence-electron chi connectivity index (χ3n) is 4.18. The number of aliphatic hydroxyl groups excluding tert-OH is 1. The molecule has 0 heterocycles. The highest BCUT2D eigenvalue weighted by Crippen LogP contribution is 2.37. The van der Waals surface area contributed by atoms with Gasteiger partial charge in [-0.05, 0) is 28.4 Å². The molecule has 3 heteroatoms. The molecule has 0 radical (unpaired) electrons. The van der Waals surface area contributed by atoms with Gasteiger partial charge in [0, 0.05) is 17.3 Å². The molecule has 3 nitrogen and oxygen atoms in total. The molecule has 23 heavy (non-hydrogen) atoms. The maximum atomic E-state index is 10.7. The van der Waals surface area contributed by atoms with Crippen LogP contribution in [0.15, 0.2) is 17.1 Å². The molecule has 0 amide bonds. The highest BCUT2D eigenvalue weighted by Gasteiger charge is 2.24. The van der Waals surface area contributed by atoms with Crippen molar-refractivity contribution in [2.24, 2.45) is 10.9 Å². The van der Waals surface area contributed by atoms with Crippen molar-refractivity contribution in [1.29, 1.82) is 0 Å². The Morgan fingerprint density at radius 1 is 1.04 bits per heavy atom. The van der Waals surface area contributed by atoms with Crippen molar-refractivity contribution >= 4 is 6.21 Å². The van der Waals surface area contributed by atoms with Crippen molar-refractivity contribution < 1.29 is 10.2 Å². The minimum Gasteiger partial charge on any atom is -0.507 e. The smallest absolute Gasteiger partial charge is 0.128 e. The number of hydrogen-bond acceptors (Lipinski definition) is 3. The Kier molecular flexibility index (Phi) is 6.03. The van der Waals surface area contributed by atoms with Crippen LogP contribution >= 0.6 is 0 Å². The van der Waals surface area contributed by atoms with Crippen LogP contribution in [0.4, 0.5) is 0 Å². The molecule has 130 valence electrons. The molecule has 0 fully saturated rings. The summed E-state index contributed by atoms with van der Waals surface area (Å²) in [7, 11) is 0. The molecule has 1 atom stereocenters. The van der Waals surface area contributed by atoms with Crippen molar-refractivity contribution in [3.8, 4) is 5.75 Å². The van der Waals surface area contributed by atoms with Crippen molar-refractivity contribution in [3.63, 3.8) is 0 Å². The molecule has 0 aliphatic heterocycles. The van der Waals surface area contributed by atoms with Gasteiger partial charge in [0.1, 0.15) is 5.75 Å². The summed E-state index contributed by atoms with van der Waals surface area (Å²) in [5.74, 6) is 0.543. The van der Waals surface area contributed by atoms with E-state index < -0.39 is 0 Å². The van der Waals surface area contributed by atoms with Crippen LogP contribution in [0.5, 0.6) is 5.75 Å². The first-order valence-corrected chi connectivity index (χ1v) is 8.40. The first-order chi connectivity index (χ1) is 10.4. The lowest BCUT2D eigenvalue weighted by Crippen LogP contribution is -2.19. The first-order valence-electron chi connectivity index (χ1n) is 8.40. The van der Waals surface area contributed by atoms with E-state index >= 15 is 0 Å². The van der Waals surface area contributed by atoms with Gasteiger partial charge in [0.2, 0.25) is 0 Å². The third-order valence-corrected chi connectivity index (χ3v) is 4.18. The Morgan fingerprint density at radius 3 is 2.00 bits per heavy atom. The maximum absolute atomic E-state index is 10.7. The monoisotopic (exact) mass is 319 g/mol. The number of rotatable bonds is 4. The topological polar surface area (TPSA) is 52.8 Å². The van der Waals surface area contributed by atoms with Gasteiger partial charge in [0.15, 0.2) is 0 Å². The Bertz CT molecular complexity index is 560. The fourth-order valence-corrected chi connectivity index (χ4v) is 2.37. The number of nitrogens with zero attached hydrogens (tertiary/aromatic N) is 1. The highest BCUT2D eigenvalue weighted by atomic mass is 16.3. The van der Waals surface area contributed by atoms with E-state index in [4.69, 9.17) is 0 Å². The van der Waals surface area contributed by atoms with Crippen LogP contribution in [0.2, 0.25) is 0 Å². The van der Waals surface area contributed by atoms with Gasteiger partial charge in [0.05, 0.1) is 12.6 Å². The van der Waals surface area contributed by atoms with E-state index in [2.05, 4.69) is 52.6 Å². The van der Waals surface area contributed by atoms with Gasteiger partial charge in [0.25, 0.3) is 0 Å². The van der Waals surface area contributed by atoms with E-state index in [1.807, 2.05) is 19.9 Å². The fraction of sp³-hybridized carbons (Fsp3) is 0.650. The number of aliphatic imine (C=N–C) groups is 1. The standard InChI is InChI=1S/C20H33NO2/c1-13(2)17(12-22)21-11-14-9-15(19(3,4)5)10-16(18(14)23)20(6,7)8/h9-11,13,17,22-23H,12H2,1-8H3. The molecule has 0 bridgehead atoms. The van der Waals surface area contributed by atoms with Crippen LogP contribution in [0.25, 0.3) is 0 Å². The van der Waals surface area contributed by atoms with E-state index in [1.165, 1.54) is 5.56 Å². The van der Waals surface area contributed by atoms with Crippen molar-refractivity contribution in [2.45, 2.75) is 72.3 Å². The van der Waals surface area contributed by atoms with Crippen LogP contribution in [0.1, 0.15) is 72.1 Å². The Balaban J connectivity index is 3.44. The average molecular weight is 319 g/mol. The lowest BCUT2D eigenvalue weighted by molar-refractivity contribution is 0.240. The lowest BCUT2D eigenvalue weighted by atomic mass is 9.79. The number of aromatic hydroxyl groups is 1. The van der Waals surface area contributed by atoms with E-state index in [0.29, 0.717) is 0 Å². The van der Waals surface area contributed by atoms with E-state index in [1.54, 1.807) is 6.21 Å². The molecule has 1 rings (SSSR count). The summed E-state index contributed by atoms with van der Waals surface area (Å²) < 4.78 is 0. The third kappa shape index (κ3) is 5.07. The Hall–Kier alpha value is -1.35. The number of aliphatic hydroxyl groups is 1. The minimum atomic E-state index is -0.150. The van der Waals surface area contributed by atoms with Gasteiger partial charge in [-0.1, -0.05) is 61.5 Å². The maximum Gasteiger partial charge on any atom is 0.128 e. The Morgan fingerprint density at radius 2 is 1.61 bits per heavy atom. The quantitative estimate of drug-likeness (QED) is 0.807. The summed E-state index contributed by atoms with van der Waals surface area (Å²) in [6.07, 6.45) is 1.71. The predicted molar refractivity (Wildman–Crippen MR) is 98.8 cm³/mol. The predicted octanol–water partition coefficient (Wildman–Crippen LogP) is 4.42. The zero-order valence-corrected chi connectivity index (χ0v) is 15.9. The fourth-order valence-electron chi connectivity index (χ4n) is 2.37. The lowest BCUT2D eigenvalue weighted by Gasteiger charge is -2.27. The summed E-state index contributed by atoms with van der Waals surface area (Å²) in [6.45, 7) is 16.9. The highest BCUT2D eigenvalue weighted by molar-refractivity contribution is 5.85. The normalized spacial score (nSPS) is 14.7. The zero-order valence-electron chi connectivity index (χ0n) is 15.9. The molecular formula is C20H33NO2. The van der Waals surface area contributed by atoms with E-state index in [9.17, 15) is 10.2 Å². The number of benzene rings is 1. The average Bonchev–Trinajstić information content (AvgIpc) is 2.37. The van der Waals surface area contributed by atoms with Gasteiger partial charge in [-0.3, -0.25) is 4.99 Å². The summed E-state index contributed by atoms with van der Waals surface area (Å²) >= 11 is 0. The van der Waals surface area contributed by atoms with E-state index in [-0.39, 0.29) is 35.1 Å². The van der Waals surface area contributed by atoms with Crippen LogP contribution in [0.3, 0.4) is 0 Å². The second kappa shape index (κ2) is 7.04. The van der Waals surface area contributed by atoms with Gasteiger partial charge in [-0.15, -0.1) is 0 Å². The van der Waals surface area contributed by atoms with Crippen molar-refractivity contribution in [1.82, 2.24) is 0 Å². The first kappa shape index (κ1) is 19.7. The van der Waals surface area contributed by atoms with Gasteiger partial charge >= 0.3 is 0 Å². The van der Waals surface area contributed by atoms with Gasteiger partial charge in [-0.2, -0.15) is 0 Å². The molecule has 1 aromatic carbocycles. The van der Waals surface area contributed by atoms with Crippen LogP contribution in [0, 0.1) is 5.92 Å². The number of phenols is 1. The molecule has 0 aliphatic rings. The summed E-state index contributed by atoms with van der Waals surface area (Å²) in [5.41, 5.74) is 2.66. The molecule has 0 spiro atoms. The van der Waals surface area contributed by atoms with Crippen LogP contribution in [-0.4, -0.2) is 29.1 Å². The molecule has 0 aromatic heterocycles. The van der Waals surface area contributed by atoms with Crippen molar-refractivity contribution in [2.75, 3.05) is 6.61 Å². The Labute approximate surface area is 141 Å². The van der Waals surface area contributed by atoms with Crippen molar-refractivity contribution in [3.05, 3.63) is 28.8 Å². The summed E-state index contributed by atoms with van der Waals surface area (Å²) in [5, 5.41) is 20.1. The zero-order chi connectivity index (χ0) is 18.0. The molecule has 2 N–H and O–H groups in total.